The maximum atomic E-state index is 12.9. The Bertz CT molecular complexity index is 1330. The summed E-state index contributed by atoms with van der Waals surface area (Å²) in [6, 6.07) is 20.0. The molecule has 0 saturated carbocycles. The van der Waals surface area contributed by atoms with Crippen LogP contribution in [-0.4, -0.2) is 83.7 Å². The highest BCUT2D eigenvalue weighted by Crippen LogP contribution is 2.22. The van der Waals surface area contributed by atoms with E-state index >= 15 is 0 Å². The number of carbonyl (C=O) groups excluding carboxylic acids is 3. The molecule has 2 fully saturated rings. The molecule has 5 N–H and O–H groups in total. The molecular weight excluding hydrogens is 616 g/mol. The van der Waals surface area contributed by atoms with Gasteiger partial charge in [-0.05, 0) is 55.6 Å². The van der Waals surface area contributed by atoms with Crippen molar-refractivity contribution < 1.29 is 19.1 Å². The SMILES string of the molecule is CC(C)(C)OC(=O)N[C@H](C(=O)N[C@H]1CCN(Cc2ccccc2)C1)C(C)(C)C.CC(C)(C)[C@H](N)C(=O)N[C@H]1CCN(Cc2ccccc2)C1. The summed E-state index contributed by atoms with van der Waals surface area (Å²) < 4.78 is 5.33. The number of nitrogens with zero attached hydrogens (tertiary/aromatic N) is 2. The molecule has 4 rings (SSSR count). The zero-order chi connectivity index (χ0) is 36.4. The predicted octanol–water partition coefficient (Wildman–Crippen LogP) is 5.07. The van der Waals surface area contributed by atoms with Gasteiger partial charge in [-0.2, -0.15) is 0 Å². The van der Waals surface area contributed by atoms with E-state index in [2.05, 4.69) is 62.1 Å². The molecule has 0 radical (unpaired) electrons. The summed E-state index contributed by atoms with van der Waals surface area (Å²) in [5, 5.41) is 8.97. The van der Waals surface area contributed by atoms with Crippen molar-refractivity contribution in [3.05, 3.63) is 71.8 Å². The van der Waals surface area contributed by atoms with E-state index in [4.69, 9.17) is 10.5 Å². The number of hydrogen-bond acceptors (Lipinski definition) is 7. The lowest BCUT2D eigenvalue weighted by atomic mass is 9.86. The number of amides is 3. The molecule has 2 saturated heterocycles. The van der Waals surface area contributed by atoms with Gasteiger partial charge in [-0.25, -0.2) is 4.79 Å². The molecule has 2 heterocycles. The lowest BCUT2D eigenvalue weighted by molar-refractivity contribution is -0.126. The van der Waals surface area contributed by atoms with E-state index in [1.165, 1.54) is 11.1 Å². The fourth-order valence-electron chi connectivity index (χ4n) is 5.94. The summed E-state index contributed by atoms with van der Waals surface area (Å²) in [6.45, 7) is 22.7. The molecule has 0 bridgehead atoms. The first-order valence-electron chi connectivity index (χ1n) is 17.7. The van der Waals surface area contributed by atoms with E-state index in [1.807, 2.05) is 65.8 Å². The van der Waals surface area contributed by atoms with Crippen LogP contribution in [-0.2, 0) is 27.4 Å². The van der Waals surface area contributed by atoms with Gasteiger partial charge in [0.25, 0.3) is 0 Å². The molecular formula is C39H62N6O4. The van der Waals surface area contributed by atoms with Gasteiger partial charge in [-0.3, -0.25) is 19.4 Å². The van der Waals surface area contributed by atoms with Gasteiger partial charge in [-0.15, -0.1) is 0 Å². The first-order chi connectivity index (χ1) is 22.8. The van der Waals surface area contributed by atoms with Gasteiger partial charge in [0.05, 0.1) is 6.04 Å². The van der Waals surface area contributed by atoms with Crippen LogP contribution >= 0.6 is 0 Å². The van der Waals surface area contributed by atoms with Crippen molar-refractivity contribution in [1.29, 1.82) is 0 Å². The number of ether oxygens (including phenoxy) is 1. The van der Waals surface area contributed by atoms with Crippen LogP contribution in [0.15, 0.2) is 60.7 Å². The number of hydrogen-bond donors (Lipinski definition) is 4. The summed E-state index contributed by atoms with van der Waals surface area (Å²) in [5.41, 5.74) is 7.36. The highest BCUT2D eigenvalue weighted by molar-refractivity contribution is 5.86. The fourth-order valence-corrected chi connectivity index (χ4v) is 5.94. The number of likely N-dealkylation sites (tertiary alicyclic amines) is 2. The maximum Gasteiger partial charge on any atom is 0.408 e. The Balaban J connectivity index is 0.000000276. The maximum absolute atomic E-state index is 12.9. The number of nitrogens with one attached hydrogen (secondary N) is 3. The summed E-state index contributed by atoms with van der Waals surface area (Å²) in [4.78, 5) is 42.0. The van der Waals surface area contributed by atoms with Crippen LogP contribution in [0.3, 0.4) is 0 Å². The lowest BCUT2D eigenvalue weighted by Gasteiger charge is -2.32. The van der Waals surface area contributed by atoms with Crippen LogP contribution in [0.2, 0.25) is 0 Å². The van der Waals surface area contributed by atoms with E-state index in [-0.39, 0.29) is 29.3 Å². The van der Waals surface area contributed by atoms with E-state index < -0.39 is 29.2 Å². The third-order valence-electron chi connectivity index (χ3n) is 8.74. The molecule has 3 amide bonds. The molecule has 0 spiro atoms. The molecule has 2 aromatic carbocycles. The van der Waals surface area contributed by atoms with Gasteiger partial charge in [0, 0.05) is 51.4 Å². The standard InChI is InChI=1S/C22H35N3O3.C17H27N3O/c1-21(2,3)18(24-20(27)28-22(4,5)6)19(26)23-17-12-13-25(15-17)14-16-10-8-7-9-11-16;1-17(2,3)15(18)16(21)19-14-9-10-20(12-14)11-13-7-5-4-6-8-13/h7-11,17-18H,12-15H2,1-6H3,(H,23,26)(H,24,27);4-8,14-15H,9-12,18H2,1-3H3,(H,19,21)/t17-,18+;14-,15+/m00/s1. The van der Waals surface area contributed by atoms with Gasteiger partial charge in [0.1, 0.15) is 11.6 Å². The smallest absolute Gasteiger partial charge is 0.408 e. The van der Waals surface area contributed by atoms with E-state index in [1.54, 1.807) is 20.8 Å². The van der Waals surface area contributed by atoms with E-state index in [9.17, 15) is 14.4 Å². The normalized spacial score (nSPS) is 20.0. The number of alkyl carbamates (subject to hydrolysis) is 1. The highest BCUT2D eigenvalue weighted by Gasteiger charge is 2.36. The summed E-state index contributed by atoms with van der Waals surface area (Å²) in [5.74, 6) is -0.195. The van der Waals surface area contributed by atoms with Crippen LogP contribution in [0, 0.1) is 10.8 Å². The van der Waals surface area contributed by atoms with Crippen molar-refractivity contribution in [2.24, 2.45) is 16.6 Å². The Labute approximate surface area is 294 Å². The second-order valence-corrected chi connectivity index (χ2v) is 16.7. The van der Waals surface area contributed by atoms with Gasteiger partial charge >= 0.3 is 6.09 Å². The molecule has 10 heteroatoms. The number of rotatable bonds is 9. The van der Waals surface area contributed by atoms with Crippen LogP contribution in [0.4, 0.5) is 4.79 Å². The minimum Gasteiger partial charge on any atom is -0.444 e. The van der Waals surface area contributed by atoms with Gasteiger partial charge in [0.2, 0.25) is 11.8 Å². The van der Waals surface area contributed by atoms with Crippen molar-refractivity contribution in [3.8, 4) is 0 Å². The Hall–Kier alpha value is -3.47. The Morgan fingerprint density at radius 2 is 1.14 bits per heavy atom. The Morgan fingerprint density at radius 3 is 1.53 bits per heavy atom. The van der Waals surface area contributed by atoms with Crippen LogP contribution in [0.25, 0.3) is 0 Å². The Kier molecular flexibility index (Phi) is 14.2. The lowest BCUT2D eigenvalue weighted by Crippen LogP contribution is -2.56. The predicted molar refractivity (Wildman–Crippen MR) is 197 cm³/mol. The second kappa shape index (κ2) is 17.5. The molecule has 272 valence electrons. The average molecular weight is 679 g/mol. The van der Waals surface area contributed by atoms with Gasteiger partial charge in [-0.1, -0.05) is 102 Å². The molecule has 2 aliphatic rings. The van der Waals surface area contributed by atoms with E-state index in [0.717, 1.165) is 52.1 Å². The number of nitrogens with two attached hydrogens (primary N) is 1. The minimum absolute atomic E-state index is 0.0333. The highest BCUT2D eigenvalue weighted by atomic mass is 16.6. The van der Waals surface area contributed by atoms with Crippen molar-refractivity contribution in [2.75, 3.05) is 26.2 Å². The van der Waals surface area contributed by atoms with E-state index in [0.29, 0.717) is 0 Å². The molecule has 0 aliphatic carbocycles. The van der Waals surface area contributed by atoms with Crippen molar-refractivity contribution in [2.45, 2.75) is 118 Å². The van der Waals surface area contributed by atoms with Crippen LogP contribution < -0.4 is 21.7 Å². The number of benzene rings is 2. The third-order valence-corrected chi connectivity index (χ3v) is 8.74. The topological polar surface area (TPSA) is 129 Å². The summed E-state index contributed by atoms with van der Waals surface area (Å²) >= 11 is 0. The molecule has 2 aromatic rings. The first-order valence-corrected chi connectivity index (χ1v) is 17.7. The Morgan fingerprint density at radius 1 is 0.714 bits per heavy atom. The molecule has 0 aromatic heterocycles. The van der Waals surface area contributed by atoms with Crippen LogP contribution in [0.1, 0.15) is 86.3 Å². The summed E-state index contributed by atoms with van der Waals surface area (Å²) in [6.07, 6.45) is 1.33. The largest absolute Gasteiger partial charge is 0.444 e. The van der Waals surface area contributed by atoms with Gasteiger partial charge in [0.15, 0.2) is 0 Å². The average Bonchev–Trinajstić information content (AvgIpc) is 3.63. The fraction of sp³-hybridized carbons (Fsp3) is 0.615. The molecule has 4 atom stereocenters. The molecule has 10 nitrogen and oxygen atoms in total. The minimum atomic E-state index is -0.662. The van der Waals surface area contributed by atoms with Crippen molar-refractivity contribution in [1.82, 2.24) is 25.8 Å². The zero-order valence-electron chi connectivity index (χ0n) is 31.3. The van der Waals surface area contributed by atoms with Crippen molar-refractivity contribution in [3.63, 3.8) is 0 Å². The van der Waals surface area contributed by atoms with Gasteiger partial charge < -0.3 is 26.4 Å². The van der Waals surface area contributed by atoms with Crippen LogP contribution in [0.5, 0.6) is 0 Å². The monoisotopic (exact) mass is 678 g/mol. The quantitative estimate of drug-likeness (QED) is 0.292. The third kappa shape index (κ3) is 14.1. The van der Waals surface area contributed by atoms with Crippen molar-refractivity contribution >= 4 is 17.9 Å². The zero-order valence-corrected chi connectivity index (χ0v) is 31.3. The second-order valence-electron chi connectivity index (χ2n) is 16.7. The molecule has 0 unspecified atom stereocenters. The summed E-state index contributed by atoms with van der Waals surface area (Å²) in [7, 11) is 0. The number of carbonyl (C=O) groups is 3. The molecule has 2 aliphatic heterocycles. The first kappa shape index (κ1) is 40.0. The molecule has 49 heavy (non-hydrogen) atoms.